The van der Waals surface area contributed by atoms with E-state index in [1.165, 1.54) is 10.5 Å². The maximum Gasteiger partial charge on any atom is 0.401 e. The lowest BCUT2D eigenvalue weighted by atomic mass is 9.93. The molecule has 124 valence electrons. The van der Waals surface area contributed by atoms with E-state index in [9.17, 15) is 13.2 Å². The summed E-state index contributed by atoms with van der Waals surface area (Å²) >= 11 is 0. The second kappa shape index (κ2) is 7.47. The van der Waals surface area contributed by atoms with Crippen molar-refractivity contribution in [2.24, 2.45) is 5.92 Å². The summed E-state index contributed by atoms with van der Waals surface area (Å²) in [5.74, 6) is 0.440. The summed E-state index contributed by atoms with van der Waals surface area (Å²) in [5.41, 5.74) is 1.25. The van der Waals surface area contributed by atoms with Gasteiger partial charge in [-0.25, -0.2) is 0 Å². The van der Waals surface area contributed by atoms with Crippen LogP contribution >= 0.6 is 0 Å². The van der Waals surface area contributed by atoms with Gasteiger partial charge in [0.1, 0.15) is 0 Å². The zero-order chi connectivity index (χ0) is 16.2. The predicted molar refractivity (Wildman–Crippen MR) is 82.7 cm³/mol. The number of nitrogens with one attached hydrogen (secondary N) is 1. The molecule has 1 aliphatic rings. The van der Waals surface area contributed by atoms with Crippen LogP contribution in [0, 0.1) is 5.92 Å². The first-order valence-corrected chi connectivity index (χ1v) is 7.95. The van der Waals surface area contributed by atoms with E-state index in [1.807, 2.05) is 18.2 Å². The fourth-order valence-electron chi connectivity index (χ4n) is 3.10. The summed E-state index contributed by atoms with van der Waals surface area (Å²) in [6.45, 7) is 4.58. The highest BCUT2D eigenvalue weighted by molar-refractivity contribution is 5.19. The number of rotatable bonds is 5. The van der Waals surface area contributed by atoms with E-state index in [1.54, 1.807) is 0 Å². The quantitative estimate of drug-likeness (QED) is 0.884. The maximum absolute atomic E-state index is 12.4. The summed E-state index contributed by atoms with van der Waals surface area (Å²) in [6.07, 6.45) is -2.55. The zero-order valence-corrected chi connectivity index (χ0v) is 13.2. The van der Waals surface area contributed by atoms with Crippen molar-refractivity contribution in [3.63, 3.8) is 0 Å². The average molecular weight is 314 g/mol. The van der Waals surface area contributed by atoms with Crippen LogP contribution in [0.15, 0.2) is 30.3 Å². The Bertz CT molecular complexity index is 437. The molecule has 0 saturated carbocycles. The molecule has 1 N–H and O–H groups in total. The van der Waals surface area contributed by atoms with Gasteiger partial charge in [-0.1, -0.05) is 44.2 Å². The monoisotopic (exact) mass is 314 g/mol. The van der Waals surface area contributed by atoms with Gasteiger partial charge in [-0.3, -0.25) is 4.90 Å². The Labute approximate surface area is 130 Å². The van der Waals surface area contributed by atoms with Crippen molar-refractivity contribution in [3.8, 4) is 0 Å². The van der Waals surface area contributed by atoms with Gasteiger partial charge in [0.25, 0.3) is 0 Å². The summed E-state index contributed by atoms with van der Waals surface area (Å²) < 4.78 is 37.3. The standard InChI is InChI=1S/C17H25F3N2/c1-13(2)16(14-6-4-3-5-7-14)21-15-8-10-22(11-9-15)12-17(18,19)20/h3-7,13,15-16,21H,8-12H2,1-2H3. The molecule has 1 heterocycles. The van der Waals surface area contributed by atoms with Crippen molar-refractivity contribution in [1.29, 1.82) is 0 Å². The number of hydrogen-bond acceptors (Lipinski definition) is 2. The van der Waals surface area contributed by atoms with Crippen molar-refractivity contribution in [1.82, 2.24) is 10.2 Å². The normalized spacial score (nSPS) is 19.5. The second-order valence-electron chi connectivity index (χ2n) is 6.46. The fourth-order valence-corrected chi connectivity index (χ4v) is 3.10. The van der Waals surface area contributed by atoms with Crippen LogP contribution in [-0.2, 0) is 0 Å². The van der Waals surface area contributed by atoms with Crippen molar-refractivity contribution in [2.75, 3.05) is 19.6 Å². The molecule has 0 amide bonds. The van der Waals surface area contributed by atoms with Crippen LogP contribution in [0.1, 0.15) is 38.3 Å². The molecule has 0 aromatic heterocycles. The van der Waals surface area contributed by atoms with E-state index < -0.39 is 12.7 Å². The fraction of sp³-hybridized carbons (Fsp3) is 0.647. The van der Waals surface area contributed by atoms with Gasteiger partial charge in [0.05, 0.1) is 6.54 Å². The first kappa shape index (κ1) is 17.3. The van der Waals surface area contributed by atoms with E-state index >= 15 is 0 Å². The molecule has 1 aliphatic heterocycles. The lowest BCUT2D eigenvalue weighted by Gasteiger charge is -2.36. The number of alkyl halides is 3. The second-order valence-corrected chi connectivity index (χ2v) is 6.46. The molecular weight excluding hydrogens is 289 g/mol. The summed E-state index contributed by atoms with van der Waals surface area (Å²) in [5, 5.41) is 3.65. The van der Waals surface area contributed by atoms with Crippen LogP contribution in [0.4, 0.5) is 13.2 Å². The molecule has 2 rings (SSSR count). The topological polar surface area (TPSA) is 15.3 Å². The van der Waals surface area contributed by atoms with Crippen LogP contribution in [-0.4, -0.2) is 36.8 Å². The summed E-state index contributed by atoms with van der Waals surface area (Å²) in [6, 6.07) is 10.8. The van der Waals surface area contributed by atoms with Crippen molar-refractivity contribution in [3.05, 3.63) is 35.9 Å². The highest BCUT2D eigenvalue weighted by Crippen LogP contribution is 2.25. The molecule has 5 heteroatoms. The van der Waals surface area contributed by atoms with E-state index in [2.05, 4.69) is 31.3 Å². The van der Waals surface area contributed by atoms with Gasteiger partial charge in [0, 0.05) is 12.1 Å². The SMILES string of the molecule is CC(C)C(NC1CCN(CC(F)(F)F)CC1)c1ccccc1. The third kappa shape index (κ3) is 5.29. The van der Waals surface area contributed by atoms with Gasteiger partial charge in [-0.05, 0) is 37.4 Å². The number of halogens is 3. The van der Waals surface area contributed by atoms with E-state index in [0.717, 1.165) is 12.8 Å². The van der Waals surface area contributed by atoms with Crippen LogP contribution in [0.2, 0.25) is 0 Å². The minimum absolute atomic E-state index is 0.250. The Morgan fingerprint density at radius 2 is 1.73 bits per heavy atom. The van der Waals surface area contributed by atoms with Crippen LogP contribution in [0.3, 0.4) is 0 Å². The molecule has 1 aromatic carbocycles. The van der Waals surface area contributed by atoms with Gasteiger partial charge < -0.3 is 5.32 Å². The summed E-state index contributed by atoms with van der Waals surface area (Å²) in [7, 11) is 0. The van der Waals surface area contributed by atoms with Crippen LogP contribution < -0.4 is 5.32 Å². The molecule has 0 bridgehead atoms. The predicted octanol–water partition coefficient (Wildman–Crippen LogP) is 4.00. The first-order chi connectivity index (χ1) is 10.3. The number of benzene rings is 1. The number of likely N-dealkylation sites (tertiary alicyclic amines) is 1. The molecule has 0 spiro atoms. The highest BCUT2D eigenvalue weighted by atomic mass is 19.4. The minimum Gasteiger partial charge on any atom is -0.307 e. The number of piperidine rings is 1. The van der Waals surface area contributed by atoms with Gasteiger partial charge in [0.2, 0.25) is 0 Å². The number of hydrogen-bond donors (Lipinski definition) is 1. The molecule has 1 saturated heterocycles. The van der Waals surface area contributed by atoms with Crippen LogP contribution in [0.5, 0.6) is 0 Å². The third-order valence-electron chi connectivity index (χ3n) is 4.23. The molecule has 2 nitrogen and oxygen atoms in total. The molecule has 1 atom stereocenters. The Morgan fingerprint density at radius 1 is 1.14 bits per heavy atom. The Hall–Kier alpha value is -1.07. The first-order valence-electron chi connectivity index (χ1n) is 7.95. The minimum atomic E-state index is -4.09. The molecule has 1 fully saturated rings. The van der Waals surface area contributed by atoms with Gasteiger partial charge in [-0.15, -0.1) is 0 Å². The van der Waals surface area contributed by atoms with E-state index in [-0.39, 0.29) is 12.1 Å². The van der Waals surface area contributed by atoms with E-state index in [4.69, 9.17) is 0 Å². The largest absolute Gasteiger partial charge is 0.401 e. The molecule has 22 heavy (non-hydrogen) atoms. The smallest absolute Gasteiger partial charge is 0.307 e. The lowest BCUT2D eigenvalue weighted by molar-refractivity contribution is -0.148. The molecular formula is C17H25F3N2. The summed E-state index contributed by atoms with van der Waals surface area (Å²) in [4.78, 5) is 1.51. The van der Waals surface area contributed by atoms with Gasteiger partial charge >= 0.3 is 6.18 Å². The third-order valence-corrected chi connectivity index (χ3v) is 4.23. The lowest BCUT2D eigenvalue weighted by Crippen LogP contribution is -2.47. The van der Waals surface area contributed by atoms with Gasteiger partial charge in [0.15, 0.2) is 0 Å². The molecule has 1 aromatic rings. The average Bonchev–Trinajstić information content (AvgIpc) is 2.45. The van der Waals surface area contributed by atoms with Crippen molar-refractivity contribution < 1.29 is 13.2 Å². The molecule has 0 aliphatic carbocycles. The van der Waals surface area contributed by atoms with Crippen molar-refractivity contribution >= 4 is 0 Å². The Morgan fingerprint density at radius 3 is 2.23 bits per heavy atom. The van der Waals surface area contributed by atoms with Crippen molar-refractivity contribution in [2.45, 2.75) is 44.9 Å². The molecule has 1 unspecified atom stereocenters. The number of nitrogens with zero attached hydrogens (tertiary/aromatic N) is 1. The van der Waals surface area contributed by atoms with Gasteiger partial charge in [-0.2, -0.15) is 13.2 Å². The highest BCUT2D eigenvalue weighted by Gasteiger charge is 2.33. The van der Waals surface area contributed by atoms with Crippen LogP contribution in [0.25, 0.3) is 0 Å². The van der Waals surface area contributed by atoms with E-state index in [0.29, 0.717) is 19.0 Å². The zero-order valence-electron chi connectivity index (χ0n) is 13.2. The maximum atomic E-state index is 12.4. The Balaban J connectivity index is 1.88. The Kier molecular flexibility index (Phi) is 5.87. The molecule has 0 radical (unpaired) electrons.